The van der Waals surface area contributed by atoms with E-state index in [4.69, 9.17) is 21.1 Å². The molecule has 0 bridgehead atoms. The maximum Gasteiger partial charge on any atom is 0.327 e. The maximum atomic E-state index is 12.8. The number of piperazine rings is 1. The third-order valence-corrected chi connectivity index (χ3v) is 5.34. The Hall–Kier alpha value is -2.41. The van der Waals surface area contributed by atoms with Crippen LogP contribution in [0.15, 0.2) is 48.5 Å². The topological polar surface area (TPSA) is 59.1 Å². The van der Waals surface area contributed by atoms with Crippen LogP contribution in [0.25, 0.3) is 0 Å². The number of nitrogens with zero attached hydrogens (tertiary/aromatic N) is 2. The van der Waals surface area contributed by atoms with Crippen LogP contribution in [-0.2, 0) is 20.9 Å². The van der Waals surface area contributed by atoms with Crippen molar-refractivity contribution in [2.45, 2.75) is 12.6 Å². The highest BCUT2D eigenvalue weighted by molar-refractivity contribution is 6.30. The standard InChI is InChI=1S/C22H25ClN2O4/c1-28-15-16-3-5-18(6-4-16)21(26)25-13-11-24(12-14-25)20(22(27)29-2)17-7-9-19(23)10-8-17/h3-10,20H,11-15H2,1-2H3. The molecule has 154 valence electrons. The number of carbonyl (C=O) groups is 2. The Balaban J connectivity index is 1.66. The van der Waals surface area contributed by atoms with E-state index in [1.807, 2.05) is 46.2 Å². The Morgan fingerprint density at radius 1 is 0.966 bits per heavy atom. The Kier molecular flexibility index (Phi) is 7.25. The fourth-order valence-electron chi connectivity index (χ4n) is 3.53. The average molecular weight is 417 g/mol. The van der Waals surface area contributed by atoms with Gasteiger partial charge >= 0.3 is 5.97 Å². The summed E-state index contributed by atoms with van der Waals surface area (Å²) in [5, 5.41) is 0.615. The lowest BCUT2D eigenvalue weighted by atomic mass is 10.0. The smallest absolute Gasteiger partial charge is 0.327 e. The predicted molar refractivity (Wildman–Crippen MR) is 111 cm³/mol. The molecule has 0 radical (unpaired) electrons. The molecule has 1 fully saturated rings. The fraction of sp³-hybridized carbons (Fsp3) is 0.364. The summed E-state index contributed by atoms with van der Waals surface area (Å²) in [6.07, 6.45) is 0. The molecule has 29 heavy (non-hydrogen) atoms. The van der Waals surface area contributed by atoms with Gasteiger partial charge in [0.25, 0.3) is 5.91 Å². The Bertz CT molecular complexity index is 831. The molecule has 1 aliphatic rings. The monoisotopic (exact) mass is 416 g/mol. The summed E-state index contributed by atoms with van der Waals surface area (Å²) in [4.78, 5) is 29.1. The molecule has 1 amide bonds. The molecule has 3 rings (SSSR count). The van der Waals surface area contributed by atoms with Gasteiger partial charge in [-0.2, -0.15) is 0 Å². The van der Waals surface area contributed by atoms with Crippen molar-refractivity contribution in [1.29, 1.82) is 0 Å². The second kappa shape index (κ2) is 9.87. The van der Waals surface area contributed by atoms with E-state index in [1.54, 1.807) is 19.2 Å². The van der Waals surface area contributed by atoms with Crippen molar-refractivity contribution in [2.75, 3.05) is 40.4 Å². The van der Waals surface area contributed by atoms with E-state index in [1.165, 1.54) is 7.11 Å². The van der Waals surface area contributed by atoms with Gasteiger partial charge in [0.15, 0.2) is 0 Å². The van der Waals surface area contributed by atoms with Crippen molar-refractivity contribution in [2.24, 2.45) is 0 Å². The molecule has 1 aliphatic heterocycles. The van der Waals surface area contributed by atoms with Crippen molar-refractivity contribution in [3.8, 4) is 0 Å². The highest BCUT2D eigenvalue weighted by Gasteiger charge is 2.32. The van der Waals surface area contributed by atoms with Crippen molar-refractivity contribution >= 4 is 23.5 Å². The van der Waals surface area contributed by atoms with Crippen LogP contribution in [0.1, 0.15) is 27.5 Å². The third-order valence-electron chi connectivity index (χ3n) is 5.09. The molecule has 0 spiro atoms. The van der Waals surface area contributed by atoms with Gasteiger partial charge in [-0.25, -0.2) is 4.79 Å². The van der Waals surface area contributed by atoms with Crippen molar-refractivity contribution in [3.05, 3.63) is 70.2 Å². The van der Waals surface area contributed by atoms with E-state index < -0.39 is 6.04 Å². The zero-order valence-corrected chi connectivity index (χ0v) is 17.4. The molecule has 0 N–H and O–H groups in total. The van der Waals surface area contributed by atoms with Crippen LogP contribution >= 0.6 is 11.6 Å². The Morgan fingerprint density at radius 2 is 1.59 bits per heavy atom. The van der Waals surface area contributed by atoms with Gasteiger partial charge in [-0.1, -0.05) is 35.9 Å². The number of carbonyl (C=O) groups excluding carboxylic acids is 2. The lowest BCUT2D eigenvalue weighted by Crippen LogP contribution is -2.51. The molecule has 7 heteroatoms. The zero-order chi connectivity index (χ0) is 20.8. The van der Waals surface area contributed by atoms with Gasteiger partial charge in [0, 0.05) is 43.9 Å². The van der Waals surface area contributed by atoms with E-state index in [0.717, 1.165) is 11.1 Å². The molecule has 1 heterocycles. The number of amides is 1. The number of ether oxygens (including phenoxy) is 2. The molecular formula is C22H25ClN2O4. The van der Waals surface area contributed by atoms with E-state index in [0.29, 0.717) is 43.4 Å². The Labute approximate surface area is 176 Å². The lowest BCUT2D eigenvalue weighted by molar-refractivity contribution is -0.148. The number of esters is 1. The summed E-state index contributed by atoms with van der Waals surface area (Å²) >= 11 is 5.97. The first-order valence-corrected chi connectivity index (χ1v) is 9.85. The molecular weight excluding hydrogens is 392 g/mol. The highest BCUT2D eigenvalue weighted by atomic mass is 35.5. The van der Waals surface area contributed by atoms with Gasteiger partial charge in [0.05, 0.1) is 13.7 Å². The second-order valence-electron chi connectivity index (χ2n) is 6.94. The van der Waals surface area contributed by atoms with E-state index in [2.05, 4.69) is 0 Å². The van der Waals surface area contributed by atoms with Gasteiger partial charge < -0.3 is 14.4 Å². The summed E-state index contributed by atoms with van der Waals surface area (Å²) in [5.74, 6) is -0.324. The molecule has 1 saturated heterocycles. The van der Waals surface area contributed by atoms with Crippen LogP contribution < -0.4 is 0 Å². The van der Waals surface area contributed by atoms with Crippen LogP contribution in [0, 0.1) is 0 Å². The first-order valence-electron chi connectivity index (χ1n) is 9.48. The fourth-order valence-corrected chi connectivity index (χ4v) is 3.65. The quantitative estimate of drug-likeness (QED) is 0.677. The molecule has 1 unspecified atom stereocenters. The van der Waals surface area contributed by atoms with Crippen LogP contribution in [0.2, 0.25) is 5.02 Å². The first-order chi connectivity index (χ1) is 14.0. The molecule has 2 aromatic rings. The number of rotatable bonds is 6. The van der Waals surface area contributed by atoms with Crippen LogP contribution in [-0.4, -0.2) is 62.1 Å². The number of hydrogen-bond donors (Lipinski definition) is 0. The maximum absolute atomic E-state index is 12.8. The summed E-state index contributed by atoms with van der Waals surface area (Å²) < 4.78 is 10.1. The van der Waals surface area contributed by atoms with Gasteiger partial charge in [-0.15, -0.1) is 0 Å². The van der Waals surface area contributed by atoms with Crippen LogP contribution in [0.4, 0.5) is 0 Å². The van der Waals surface area contributed by atoms with E-state index in [9.17, 15) is 9.59 Å². The van der Waals surface area contributed by atoms with Crippen molar-refractivity contribution in [1.82, 2.24) is 9.80 Å². The molecule has 1 atom stereocenters. The molecule has 2 aromatic carbocycles. The Morgan fingerprint density at radius 3 is 2.14 bits per heavy atom. The van der Waals surface area contributed by atoms with E-state index >= 15 is 0 Å². The lowest BCUT2D eigenvalue weighted by Gasteiger charge is -2.38. The summed E-state index contributed by atoms with van der Waals surface area (Å²) in [6, 6.07) is 14.2. The van der Waals surface area contributed by atoms with Gasteiger partial charge in [-0.05, 0) is 35.4 Å². The third kappa shape index (κ3) is 5.15. The van der Waals surface area contributed by atoms with Crippen LogP contribution in [0.5, 0.6) is 0 Å². The van der Waals surface area contributed by atoms with Crippen molar-refractivity contribution < 1.29 is 19.1 Å². The van der Waals surface area contributed by atoms with Gasteiger partial charge in [0.2, 0.25) is 0 Å². The summed E-state index contributed by atoms with van der Waals surface area (Å²) in [6.45, 7) is 2.76. The minimum Gasteiger partial charge on any atom is -0.468 e. The summed E-state index contributed by atoms with van der Waals surface area (Å²) in [5.41, 5.74) is 2.51. The number of benzene rings is 2. The van der Waals surface area contributed by atoms with E-state index in [-0.39, 0.29) is 11.9 Å². The number of methoxy groups -OCH3 is 2. The predicted octanol–water partition coefficient (Wildman–Crippen LogP) is 3.16. The van der Waals surface area contributed by atoms with Gasteiger partial charge in [0.1, 0.15) is 6.04 Å². The van der Waals surface area contributed by atoms with Crippen LogP contribution in [0.3, 0.4) is 0 Å². The normalized spacial score (nSPS) is 15.8. The molecule has 0 aromatic heterocycles. The first kappa shape index (κ1) is 21.3. The highest BCUT2D eigenvalue weighted by Crippen LogP contribution is 2.25. The molecule has 6 nitrogen and oxygen atoms in total. The SMILES string of the molecule is COCc1ccc(C(=O)N2CCN(C(C(=O)OC)c3ccc(Cl)cc3)CC2)cc1. The zero-order valence-electron chi connectivity index (χ0n) is 16.6. The minimum atomic E-state index is -0.511. The molecule has 0 aliphatic carbocycles. The van der Waals surface area contributed by atoms with Crippen molar-refractivity contribution in [3.63, 3.8) is 0 Å². The van der Waals surface area contributed by atoms with Gasteiger partial charge in [-0.3, -0.25) is 9.69 Å². The second-order valence-corrected chi connectivity index (χ2v) is 7.37. The average Bonchev–Trinajstić information content (AvgIpc) is 2.76. The number of hydrogen-bond acceptors (Lipinski definition) is 5. The summed E-state index contributed by atoms with van der Waals surface area (Å²) in [7, 11) is 3.03. The largest absolute Gasteiger partial charge is 0.468 e. The molecule has 0 saturated carbocycles. The number of halogens is 1. The minimum absolute atomic E-state index is 0.00488.